The molecule has 1 aliphatic carbocycles. The monoisotopic (exact) mass is 457 g/mol. The van der Waals surface area contributed by atoms with Crippen LogP contribution >= 0.6 is 0 Å². The first-order chi connectivity index (χ1) is 15.8. The van der Waals surface area contributed by atoms with E-state index in [1.54, 1.807) is 23.0 Å². The van der Waals surface area contributed by atoms with Crippen LogP contribution in [-0.2, 0) is 7.05 Å². The molecule has 0 amide bonds. The average Bonchev–Trinajstić information content (AvgIpc) is 3.38. The Morgan fingerprint density at radius 2 is 1.79 bits per heavy atom. The summed E-state index contributed by atoms with van der Waals surface area (Å²) in [6.45, 7) is 4.35. The fraction of sp³-hybridized carbons (Fsp3) is 0.625. The molecule has 9 heteroatoms. The normalized spacial score (nSPS) is 21.8. The second kappa shape index (κ2) is 8.27. The molecule has 2 aliphatic heterocycles. The summed E-state index contributed by atoms with van der Waals surface area (Å²) in [4.78, 5) is 15.9. The first-order valence-electron chi connectivity index (χ1n) is 11.8. The molecule has 0 bridgehead atoms. The van der Waals surface area contributed by atoms with E-state index in [4.69, 9.17) is 4.74 Å². The Labute approximate surface area is 193 Å². The fourth-order valence-electron chi connectivity index (χ4n) is 5.52. The van der Waals surface area contributed by atoms with Crippen LogP contribution in [0.3, 0.4) is 0 Å². The average molecular weight is 458 g/mol. The number of halogens is 1. The van der Waals surface area contributed by atoms with Crippen LogP contribution in [0.2, 0.25) is 0 Å². The van der Waals surface area contributed by atoms with E-state index < -0.39 is 10.6 Å². The van der Waals surface area contributed by atoms with Crippen molar-refractivity contribution in [2.45, 2.75) is 44.2 Å². The summed E-state index contributed by atoms with van der Waals surface area (Å²) in [7, 11) is 3.31. The van der Waals surface area contributed by atoms with E-state index in [0.717, 1.165) is 81.5 Å². The molecule has 5 rings (SSSR count). The van der Waals surface area contributed by atoms with Crippen LogP contribution in [0.5, 0.6) is 5.75 Å². The van der Waals surface area contributed by atoms with Crippen molar-refractivity contribution in [3.63, 3.8) is 0 Å². The maximum Gasteiger partial charge on any atom is 0.311 e. The van der Waals surface area contributed by atoms with E-state index in [1.165, 1.54) is 7.11 Å². The first kappa shape index (κ1) is 22.1. The lowest BCUT2D eigenvalue weighted by molar-refractivity contribution is -0.385. The number of methoxy groups -OCH3 is 1. The molecule has 0 unspecified atom stereocenters. The van der Waals surface area contributed by atoms with Gasteiger partial charge in [0.25, 0.3) is 0 Å². The number of rotatable bonds is 6. The molecule has 1 spiro atoms. The van der Waals surface area contributed by atoms with E-state index in [1.807, 2.05) is 13.2 Å². The Kier molecular flexibility index (Phi) is 5.55. The second-order valence-electron chi connectivity index (χ2n) is 10.1. The minimum Gasteiger partial charge on any atom is -0.490 e. The molecule has 2 aromatic rings. The highest BCUT2D eigenvalue weighted by Crippen LogP contribution is 2.47. The lowest BCUT2D eigenvalue weighted by atomic mass is 9.71. The van der Waals surface area contributed by atoms with Gasteiger partial charge in [-0.25, -0.2) is 4.39 Å². The number of piperidine rings is 2. The smallest absolute Gasteiger partial charge is 0.311 e. The van der Waals surface area contributed by atoms with Crippen molar-refractivity contribution in [2.75, 3.05) is 44.7 Å². The van der Waals surface area contributed by atoms with Crippen LogP contribution in [0.4, 0.5) is 15.8 Å². The molecule has 0 N–H and O–H groups in total. The Bertz CT molecular complexity index is 1030. The molecule has 1 aromatic heterocycles. The van der Waals surface area contributed by atoms with Crippen LogP contribution in [-0.4, -0.2) is 65.1 Å². The van der Waals surface area contributed by atoms with E-state index in [-0.39, 0.29) is 11.4 Å². The molecule has 8 nitrogen and oxygen atoms in total. The quantitative estimate of drug-likeness (QED) is 0.478. The third-order valence-corrected chi connectivity index (χ3v) is 7.89. The third-order valence-electron chi connectivity index (χ3n) is 7.89. The van der Waals surface area contributed by atoms with Gasteiger partial charge in [-0.15, -0.1) is 0 Å². The summed E-state index contributed by atoms with van der Waals surface area (Å²) in [5.74, 6) is 0.275. The third kappa shape index (κ3) is 4.43. The number of anilines is 1. The van der Waals surface area contributed by atoms with Gasteiger partial charge in [0.05, 0.1) is 18.2 Å². The Hall–Kier alpha value is -2.68. The number of nitro groups is 1. The van der Waals surface area contributed by atoms with Crippen molar-refractivity contribution in [2.24, 2.45) is 12.5 Å². The highest BCUT2D eigenvalue weighted by Gasteiger charge is 2.46. The number of alkyl halides is 1. The van der Waals surface area contributed by atoms with Crippen molar-refractivity contribution in [1.82, 2.24) is 14.7 Å². The fourth-order valence-corrected chi connectivity index (χ4v) is 5.52. The van der Waals surface area contributed by atoms with Gasteiger partial charge in [-0.3, -0.25) is 14.8 Å². The highest BCUT2D eigenvalue weighted by molar-refractivity contribution is 5.82. The zero-order valence-corrected chi connectivity index (χ0v) is 19.4. The molecule has 178 valence electrons. The summed E-state index contributed by atoms with van der Waals surface area (Å²) in [6, 6.07) is 3.41. The predicted octanol–water partition coefficient (Wildman–Crippen LogP) is 4.19. The predicted molar refractivity (Wildman–Crippen MR) is 124 cm³/mol. The molecule has 33 heavy (non-hydrogen) atoms. The molecular weight excluding hydrogens is 425 g/mol. The number of aryl methyl sites for hydroxylation is 1. The Morgan fingerprint density at radius 1 is 1.12 bits per heavy atom. The number of nitrogens with zero attached hydrogens (tertiary/aromatic N) is 5. The van der Waals surface area contributed by atoms with Gasteiger partial charge in [0.15, 0.2) is 5.75 Å². The molecule has 0 radical (unpaired) electrons. The lowest BCUT2D eigenvalue weighted by Crippen LogP contribution is -2.48. The minimum atomic E-state index is -0.911. The molecule has 0 atom stereocenters. The van der Waals surface area contributed by atoms with Crippen molar-refractivity contribution >= 4 is 11.4 Å². The summed E-state index contributed by atoms with van der Waals surface area (Å²) in [5.41, 5.74) is 1.98. The standard InChI is InChI=1S/C24H32FN5O3/c1-27-16-18(15-26-27)19-13-21(30(31)32)22(33-2)14-20(19)29-11-7-23(8-12-29)5-9-28(10-6-23)17-24(25)3-4-24/h13-16H,3-12,17H2,1-2H3. The number of nitro benzene ring substituents is 1. The number of hydrogen-bond donors (Lipinski definition) is 0. The molecule has 1 aromatic carbocycles. The maximum absolute atomic E-state index is 14.2. The van der Waals surface area contributed by atoms with Crippen molar-refractivity contribution in [3.05, 3.63) is 34.6 Å². The van der Waals surface area contributed by atoms with E-state index in [2.05, 4.69) is 14.9 Å². The van der Waals surface area contributed by atoms with Gasteiger partial charge >= 0.3 is 5.69 Å². The van der Waals surface area contributed by atoms with Gasteiger partial charge < -0.3 is 14.5 Å². The number of likely N-dealkylation sites (tertiary alicyclic amines) is 1. The molecule has 3 fully saturated rings. The summed E-state index contributed by atoms with van der Waals surface area (Å²) in [5, 5.41) is 15.9. The second-order valence-corrected chi connectivity index (χ2v) is 10.1. The summed E-state index contributed by atoms with van der Waals surface area (Å²) < 4.78 is 21.3. The van der Waals surface area contributed by atoms with Crippen LogP contribution in [0.25, 0.3) is 11.1 Å². The maximum atomic E-state index is 14.2. The minimum absolute atomic E-state index is 0.0396. The number of benzene rings is 1. The van der Waals surface area contributed by atoms with Gasteiger partial charge in [-0.05, 0) is 57.0 Å². The lowest BCUT2D eigenvalue weighted by Gasteiger charge is -2.48. The SMILES string of the molecule is COc1cc(N2CCC3(CCN(CC4(F)CC4)CC3)CC2)c(-c2cnn(C)c2)cc1[N+](=O)[O-]. The molecule has 3 aliphatic rings. The highest BCUT2D eigenvalue weighted by atomic mass is 19.1. The Balaban J connectivity index is 1.34. The Morgan fingerprint density at radius 3 is 2.33 bits per heavy atom. The molecule has 3 heterocycles. The first-order valence-corrected chi connectivity index (χ1v) is 11.8. The summed E-state index contributed by atoms with van der Waals surface area (Å²) in [6.07, 6.45) is 9.47. The largest absolute Gasteiger partial charge is 0.490 e. The van der Waals surface area contributed by atoms with Crippen LogP contribution in [0, 0.1) is 15.5 Å². The van der Waals surface area contributed by atoms with Crippen LogP contribution < -0.4 is 9.64 Å². The zero-order valence-electron chi connectivity index (χ0n) is 19.4. The van der Waals surface area contributed by atoms with Gasteiger partial charge in [0.2, 0.25) is 0 Å². The summed E-state index contributed by atoms with van der Waals surface area (Å²) >= 11 is 0. The van der Waals surface area contributed by atoms with Gasteiger partial charge in [0.1, 0.15) is 5.67 Å². The number of hydrogen-bond acceptors (Lipinski definition) is 6. The zero-order chi connectivity index (χ0) is 23.2. The van der Waals surface area contributed by atoms with Crippen LogP contribution in [0.1, 0.15) is 38.5 Å². The van der Waals surface area contributed by atoms with Gasteiger partial charge in [-0.2, -0.15) is 5.10 Å². The topological polar surface area (TPSA) is 76.7 Å². The number of aromatic nitrogens is 2. The number of ether oxygens (including phenoxy) is 1. The van der Waals surface area contributed by atoms with Gasteiger partial charge in [-0.1, -0.05) is 0 Å². The van der Waals surface area contributed by atoms with Crippen molar-refractivity contribution < 1.29 is 14.1 Å². The van der Waals surface area contributed by atoms with Crippen LogP contribution in [0.15, 0.2) is 24.5 Å². The molecular formula is C24H32FN5O3. The van der Waals surface area contributed by atoms with Gasteiger partial charge in [0, 0.05) is 61.8 Å². The van der Waals surface area contributed by atoms with Crippen molar-refractivity contribution in [1.29, 1.82) is 0 Å². The van der Waals surface area contributed by atoms with Crippen molar-refractivity contribution in [3.8, 4) is 16.9 Å². The van der Waals surface area contributed by atoms with E-state index in [0.29, 0.717) is 12.0 Å². The van der Waals surface area contributed by atoms with E-state index in [9.17, 15) is 14.5 Å². The van der Waals surface area contributed by atoms with E-state index >= 15 is 0 Å². The molecule has 1 saturated carbocycles. The molecule has 2 saturated heterocycles.